The Bertz CT molecular complexity index is 1110. The van der Waals surface area contributed by atoms with Gasteiger partial charge in [0.1, 0.15) is 11.5 Å². The van der Waals surface area contributed by atoms with Crippen molar-refractivity contribution in [1.29, 1.82) is 0 Å². The molecule has 0 fully saturated rings. The fraction of sp³-hybridized carbons (Fsp3) is 0.150. The summed E-state index contributed by atoms with van der Waals surface area (Å²) < 4.78 is 38.5. The Labute approximate surface area is 173 Å². The van der Waals surface area contributed by atoms with Gasteiger partial charge in [0.15, 0.2) is 0 Å². The normalized spacial score (nSPS) is 11.1. The Morgan fingerprint density at radius 1 is 1.17 bits per heavy atom. The first-order valence-corrected chi connectivity index (χ1v) is 10.4. The van der Waals surface area contributed by atoms with E-state index in [1.807, 2.05) is 0 Å². The SMILES string of the molecule is COc1ccc(Cl)cc1NS(=O)(=O)c1cccc(C(=O)N(C)Cc2ccco2)c1. The molecule has 0 saturated carbocycles. The lowest BCUT2D eigenvalue weighted by Crippen LogP contribution is -2.26. The van der Waals surface area contributed by atoms with Gasteiger partial charge in [0.2, 0.25) is 0 Å². The van der Waals surface area contributed by atoms with Gasteiger partial charge >= 0.3 is 0 Å². The number of furan rings is 1. The first kappa shape index (κ1) is 20.8. The van der Waals surface area contributed by atoms with Crippen molar-refractivity contribution in [2.24, 2.45) is 0 Å². The van der Waals surface area contributed by atoms with Crippen molar-refractivity contribution in [2.75, 3.05) is 18.9 Å². The molecule has 3 aromatic rings. The molecule has 2 aromatic carbocycles. The lowest BCUT2D eigenvalue weighted by Gasteiger charge is -2.17. The zero-order valence-electron chi connectivity index (χ0n) is 15.8. The Morgan fingerprint density at radius 3 is 2.66 bits per heavy atom. The van der Waals surface area contributed by atoms with Crippen LogP contribution < -0.4 is 9.46 Å². The van der Waals surface area contributed by atoms with E-state index in [2.05, 4.69) is 4.72 Å². The molecule has 0 radical (unpaired) electrons. The minimum Gasteiger partial charge on any atom is -0.495 e. The van der Waals surface area contributed by atoms with E-state index in [9.17, 15) is 13.2 Å². The molecule has 9 heteroatoms. The van der Waals surface area contributed by atoms with E-state index in [1.54, 1.807) is 37.4 Å². The van der Waals surface area contributed by atoms with Crippen molar-refractivity contribution >= 4 is 33.2 Å². The quantitative estimate of drug-likeness (QED) is 0.606. The number of ether oxygens (including phenoxy) is 1. The summed E-state index contributed by atoms with van der Waals surface area (Å²) in [7, 11) is -0.934. The van der Waals surface area contributed by atoms with Crippen LogP contribution in [-0.2, 0) is 16.6 Å². The molecule has 7 nitrogen and oxygen atoms in total. The number of carbonyl (C=O) groups excluding carboxylic acids is 1. The van der Waals surface area contributed by atoms with E-state index in [0.29, 0.717) is 16.5 Å². The number of rotatable bonds is 7. The predicted octanol–water partition coefficient (Wildman–Crippen LogP) is 4.01. The summed E-state index contributed by atoms with van der Waals surface area (Å²) in [5, 5.41) is 0.354. The Hall–Kier alpha value is -2.97. The summed E-state index contributed by atoms with van der Waals surface area (Å²) >= 11 is 5.96. The van der Waals surface area contributed by atoms with E-state index in [-0.39, 0.29) is 28.6 Å². The van der Waals surface area contributed by atoms with Crippen LogP contribution in [-0.4, -0.2) is 33.4 Å². The highest BCUT2D eigenvalue weighted by molar-refractivity contribution is 7.92. The van der Waals surface area contributed by atoms with Gasteiger partial charge in [-0.1, -0.05) is 17.7 Å². The number of nitrogens with one attached hydrogen (secondary N) is 1. The van der Waals surface area contributed by atoms with Crippen LogP contribution in [0.4, 0.5) is 5.69 Å². The number of nitrogens with zero attached hydrogens (tertiary/aromatic N) is 1. The molecular weight excluding hydrogens is 416 g/mol. The average molecular weight is 435 g/mol. The smallest absolute Gasteiger partial charge is 0.262 e. The molecule has 29 heavy (non-hydrogen) atoms. The molecule has 0 spiro atoms. The highest BCUT2D eigenvalue weighted by Crippen LogP contribution is 2.30. The first-order valence-electron chi connectivity index (χ1n) is 8.54. The Morgan fingerprint density at radius 2 is 1.97 bits per heavy atom. The zero-order chi connectivity index (χ0) is 21.0. The Balaban J connectivity index is 1.84. The maximum Gasteiger partial charge on any atom is 0.262 e. The van der Waals surface area contributed by atoms with Crippen LogP contribution in [0.3, 0.4) is 0 Å². The molecular formula is C20H19ClN2O5S. The molecule has 0 aliphatic carbocycles. The molecule has 0 atom stereocenters. The topological polar surface area (TPSA) is 88.8 Å². The summed E-state index contributed by atoms with van der Waals surface area (Å²) in [5.74, 6) is 0.613. The Kier molecular flexibility index (Phi) is 6.14. The molecule has 1 amide bonds. The lowest BCUT2D eigenvalue weighted by molar-refractivity contribution is 0.0775. The van der Waals surface area contributed by atoms with Gasteiger partial charge in [-0.2, -0.15) is 0 Å². The monoisotopic (exact) mass is 434 g/mol. The van der Waals surface area contributed by atoms with Crippen LogP contribution in [0, 0.1) is 0 Å². The minimum absolute atomic E-state index is 0.0585. The van der Waals surface area contributed by atoms with E-state index in [4.69, 9.17) is 20.8 Å². The fourth-order valence-corrected chi connectivity index (χ4v) is 3.97. The summed E-state index contributed by atoms with van der Waals surface area (Å²) in [6.07, 6.45) is 1.52. The molecule has 3 rings (SSSR count). The predicted molar refractivity (Wildman–Crippen MR) is 110 cm³/mol. The number of amides is 1. The molecule has 0 aliphatic heterocycles. The van der Waals surface area contributed by atoms with Gasteiger partial charge in [-0.25, -0.2) is 8.42 Å². The second-order valence-electron chi connectivity index (χ2n) is 6.22. The molecule has 0 bridgehead atoms. The van der Waals surface area contributed by atoms with E-state index >= 15 is 0 Å². The largest absolute Gasteiger partial charge is 0.495 e. The minimum atomic E-state index is -3.97. The molecule has 1 N–H and O–H groups in total. The van der Waals surface area contributed by atoms with Crippen LogP contribution in [0.5, 0.6) is 5.75 Å². The van der Waals surface area contributed by atoms with Gasteiger partial charge in [0, 0.05) is 17.6 Å². The van der Waals surface area contributed by atoms with Gasteiger partial charge in [-0.15, -0.1) is 0 Å². The number of carbonyl (C=O) groups is 1. The lowest BCUT2D eigenvalue weighted by atomic mass is 10.2. The highest BCUT2D eigenvalue weighted by atomic mass is 35.5. The van der Waals surface area contributed by atoms with E-state index in [0.717, 1.165) is 0 Å². The molecule has 1 aromatic heterocycles. The van der Waals surface area contributed by atoms with Crippen molar-refractivity contribution < 1.29 is 22.4 Å². The van der Waals surface area contributed by atoms with Gasteiger partial charge in [0.05, 0.1) is 30.5 Å². The summed E-state index contributed by atoms with van der Waals surface area (Å²) in [4.78, 5) is 14.1. The fourth-order valence-electron chi connectivity index (χ4n) is 2.69. The number of hydrogen-bond acceptors (Lipinski definition) is 5. The van der Waals surface area contributed by atoms with Crippen molar-refractivity contribution in [1.82, 2.24) is 4.90 Å². The zero-order valence-corrected chi connectivity index (χ0v) is 17.3. The van der Waals surface area contributed by atoms with Crippen LogP contribution in [0.2, 0.25) is 5.02 Å². The standard InChI is InChI=1S/C20H19ClN2O5S/c1-23(13-16-6-4-10-28-16)20(24)14-5-3-7-17(11-14)29(25,26)22-18-12-15(21)8-9-19(18)27-2/h3-12,22H,13H2,1-2H3. The van der Waals surface area contributed by atoms with Crippen molar-refractivity contribution in [3.63, 3.8) is 0 Å². The van der Waals surface area contributed by atoms with Crippen LogP contribution in [0.25, 0.3) is 0 Å². The average Bonchev–Trinajstić information content (AvgIpc) is 3.20. The second-order valence-corrected chi connectivity index (χ2v) is 8.34. The number of anilines is 1. The first-order chi connectivity index (χ1) is 13.8. The number of methoxy groups -OCH3 is 1. The number of halogens is 1. The van der Waals surface area contributed by atoms with Crippen molar-refractivity contribution in [2.45, 2.75) is 11.4 Å². The van der Waals surface area contributed by atoms with Crippen LogP contribution >= 0.6 is 11.6 Å². The third kappa shape index (κ3) is 4.90. The second kappa shape index (κ2) is 8.59. The summed E-state index contributed by atoms with van der Waals surface area (Å²) in [6.45, 7) is 0.265. The summed E-state index contributed by atoms with van der Waals surface area (Å²) in [5.41, 5.74) is 0.437. The maximum atomic E-state index is 12.8. The third-order valence-electron chi connectivity index (χ3n) is 4.12. The molecule has 0 saturated heterocycles. The van der Waals surface area contributed by atoms with Crippen molar-refractivity contribution in [3.8, 4) is 5.75 Å². The van der Waals surface area contributed by atoms with Gasteiger partial charge in [-0.05, 0) is 48.5 Å². The van der Waals surface area contributed by atoms with Gasteiger partial charge < -0.3 is 14.1 Å². The molecule has 0 unspecified atom stereocenters. The molecule has 0 aliphatic rings. The van der Waals surface area contributed by atoms with Gasteiger partial charge in [-0.3, -0.25) is 9.52 Å². The molecule has 1 heterocycles. The third-order valence-corrected chi connectivity index (χ3v) is 5.72. The highest BCUT2D eigenvalue weighted by Gasteiger charge is 2.20. The van der Waals surface area contributed by atoms with E-state index < -0.39 is 10.0 Å². The molecule has 152 valence electrons. The van der Waals surface area contributed by atoms with Crippen LogP contribution in [0.15, 0.2) is 70.2 Å². The van der Waals surface area contributed by atoms with Crippen LogP contribution in [0.1, 0.15) is 16.1 Å². The number of benzene rings is 2. The number of sulfonamides is 1. The maximum absolute atomic E-state index is 12.8. The van der Waals surface area contributed by atoms with Crippen molar-refractivity contribution in [3.05, 3.63) is 77.2 Å². The van der Waals surface area contributed by atoms with E-state index in [1.165, 1.54) is 42.5 Å². The number of hydrogen-bond donors (Lipinski definition) is 1. The summed E-state index contributed by atoms with van der Waals surface area (Å²) in [6, 6.07) is 13.9. The van der Waals surface area contributed by atoms with Gasteiger partial charge in [0.25, 0.3) is 15.9 Å².